The van der Waals surface area contributed by atoms with Crippen LogP contribution >= 0.6 is 0 Å². The van der Waals surface area contributed by atoms with Gasteiger partial charge in [-0.3, -0.25) is 19.1 Å². The Hall–Kier alpha value is -4.97. The first-order valence-electron chi connectivity index (χ1n) is 12.6. The Labute approximate surface area is 237 Å². The van der Waals surface area contributed by atoms with Crippen LogP contribution in [0.15, 0.2) is 99.7 Å². The minimum absolute atomic E-state index is 0.0688. The molecule has 0 aliphatic carbocycles. The van der Waals surface area contributed by atoms with E-state index in [9.17, 15) is 22.8 Å². The monoisotopic (exact) mass is 574 g/mol. The van der Waals surface area contributed by atoms with Gasteiger partial charge in [-0.05, 0) is 55.8 Å². The molecule has 2 N–H and O–H groups in total. The second kappa shape index (κ2) is 12.0. The summed E-state index contributed by atoms with van der Waals surface area (Å²) in [5.74, 6) is -0.942. The molecule has 0 fully saturated rings. The largest absolute Gasteiger partial charge is 0.326 e. The van der Waals surface area contributed by atoms with Gasteiger partial charge in [0.25, 0.3) is 21.5 Å². The maximum atomic E-state index is 13.8. The van der Waals surface area contributed by atoms with Crippen LogP contribution < -0.4 is 20.6 Å². The van der Waals surface area contributed by atoms with Gasteiger partial charge in [0.05, 0.1) is 22.0 Å². The third-order valence-corrected chi connectivity index (χ3v) is 8.12. The lowest BCUT2D eigenvalue weighted by Gasteiger charge is -2.22. The molecule has 0 spiro atoms. The zero-order chi connectivity index (χ0) is 29.7. The van der Waals surface area contributed by atoms with E-state index in [0.717, 1.165) is 4.31 Å². The van der Waals surface area contributed by atoms with Crippen molar-refractivity contribution in [2.45, 2.75) is 25.7 Å². The van der Waals surface area contributed by atoms with Crippen LogP contribution in [0.5, 0.6) is 0 Å². The Balaban J connectivity index is 1.69. The van der Waals surface area contributed by atoms with Gasteiger partial charge in [-0.1, -0.05) is 48.5 Å². The van der Waals surface area contributed by atoms with E-state index in [0.29, 0.717) is 28.3 Å². The van der Waals surface area contributed by atoms with E-state index in [1.807, 2.05) is 6.07 Å². The van der Waals surface area contributed by atoms with E-state index < -0.39 is 28.0 Å². The van der Waals surface area contributed by atoms with E-state index in [2.05, 4.69) is 15.8 Å². The number of benzene rings is 3. The van der Waals surface area contributed by atoms with Crippen LogP contribution in [0.3, 0.4) is 0 Å². The van der Waals surface area contributed by atoms with Gasteiger partial charge in [0.15, 0.2) is 0 Å². The maximum Gasteiger partial charge on any atom is 0.296 e. The summed E-state index contributed by atoms with van der Waals surface area (Å²) in [6.45, 7) is 4.01. The number of nitrogens with one attached hydrogen (secondary N) is 2. The lowest BCUT2D eigenvalue weighted by Crippen LogP contribution is -2.42. The SMILES string of the molecule is CC(=O)Nc1ccc(/C(C)=N\NC(=O)CN(c2c(C)n(C)n(-c3ccccc3)c2=O)S(=O)(=O)c2ccccc2)cc1. The van der Waals surface area contributed by atoms with Crippen LogP contribution in [-0.2, 0) is 26.7 Å². The molecular weight excluding hydrogens is 544 g/mol. The molecule has 0 radical (unpaired) electrons. The van der Waals surface area contributed by atoms with Crippen molar-refractivity contribution in [3.05, 3.63) is 107 Å². The van der Waals surface area contributed by atoms with Crippen LogP contribution in [-0.4, -0.2) is 41.9 Å². The lowest BCUT2D eigenvalue weighted by atomic mass is 10.1. The van der Waals surface area contributed by atoms with Gasteiger partial charge < -0.3 is 5.32 Å². The Morgan fingerprint density at radius 1 is 0.902 bits per heavy atom. The van der Waals surface area contributed by atoms with Gasteiger partial charge in [-0.25, -0.2) is 22.8 Å². The molecule has 3 aromatic carbocycles. The highest BCUT2D eigenvalue weighted by Gasteiger charge is 2.33. The Kier molecular flexibility index (Phi) is 8.53. The van der Waals surface area contributed by atoms with Gasteiger partial charge in [0.2, 0.25) is 5.91 Å². The Bertz CT molecular complexity index is 1760. The number of amides is 2. The Morgan fingerprint density at radius 2 is 1.49 bits per heavy atom. The molecule has 0 atom stereocenters. The number of nitrogens with zero attached hydrogens (tertiary/aromatic N) is 4. The fraction of sp³-hybridized carbons (Fsp3) is 0.172. The van der Waals surface area contributed by atoms with Crippen molar-refractivity contribution in [1.29, 1.82) is 0 Å². The first-order chi connectivity index (χ1) is 19.5. The number of rotatable bonds is 9. The van der Waals surface area contributed by atoms with E-state index in [1.54, 1.807) is 92.3 Å². The number of hydrogen-bond donors (Lipinski definition) is 2. The van der Waals surface area contributed by atoms with E-state index in [4.69, 9.17) is 0 Å². The van der Waals surface area contributed by atoms with Crippen molar-refractivity contribution in [2.75, 3.05) is 16.2 Å². The fourth-order valence-corrected chi connectivity index (χ4v) is 5.71. The van der Waals surface area contributed by atoms with Gasteiger partial charge in [0.1, 0.15) is 12.2 Å². The second-order valence-electron chi connectivity index (χ2n) is 9.23. The highest BCUT2D eigenvalue weighted by molar-refractivity contribution is 7.92. The standard InChI is InChI=1S/C29H30N6O5S/c1-20(23-15-17-24(18-16-23)30-22(3)36)31-32-27(37)19-34(41(39,40)26-13-9-6-10-14-26)28-21(2)33(4)35(29(28)38)25-11-7-5-8-12-25/h5-18H,19H2,1-4H3,(H,30,36)(H,32,37)/b31-20-. The van der Waals surface area contributed by atoms with Crippen LogP contribution in [0.1, 0.15) is 25.1 Å². The quantitative estimate of drug-likeness (QED) is 0.234. The topological polar surface area (TPSA) is 135 Å². The van der Waals surface area contributed by atoms with Gasteiger partial charge >= 0.3 is 0 Å². The molecular formula is C29H30N6O5S. The summed E-state index contributed by atoms with van der Waals surface area (Å²) >= 11 is 0. The summed E-state index contributed by atoms with van der Waals surface area (Å²) in [5.41, 5.74) is 4.29. The molecule has 212 valence electrons. The Morgan fingerprint density at radius 3 is 2.07 bits per heavy atom. The summed E-state index contributed by atoms with van der Waals surface area (Å²) in [4.78, 5) is 38.0. The van der Waals surface area contributed by atoms with Gasteiger partial charge in [-0.2, -0.15) is 5.10 Å². The molecule has 2 amide bonds. The van der Waals surface area contributed by atoms with Crippen LogP contribution in [0.25, 0.3) is 5.69 Å². The predicted octanol–water partition coefficient (Wildman–Crippen LogP) is 3.18. The smallest absolute Gasteiger partial charge is 0.296 e. The molecule has 0 aliphatic heterocycles. The number of hydrazone groups is 1. The van der Waals surface area contributed by atoms with Crippen LogP contribution in [0, 0.1) is 6.92 Å². The number of carbonyl (C=O) groups excluding carboxylic acids is 2. The summed E-state index contributed by atoms with van der Waals surface area (Å²) in [5, 5.41) is 6.79. The van der Waals surface area contributed by atoms with Crippen molar-refractivity contribution in [3.8, 4) is 5.69 Å². The third-order valence-electron chi connectivity index (χ3n) is 6.36. The first-order valence-corrected chi connectivity index (χ1v) is 14.1. The van der Waals surface area contributed by atoms with Crippen molar-refractivity contribution in [1.82, 2.24) is 14.8 Å². The minimum atomic E-state index is -4.32. The van der Waals surface area contributed by atoms with Crippen molar-refractivity contribution in [2.24, 2.45) is 12.1 Å². The molecule has 0 aliphatic rings. The number of sulfonamides is 1. The van der Waals surface area contributed by atoms with Crippen molar-refractivity contribution < 1.29 is 18.0 Å². The van der Waals surface area contributed by atoms with Crippen molar-refractivity contribution in [3.63, 3.8) is 0 Å². The molecule has 0 saturated heterocycles. The number of anilines is 2. The summed E-state index contributed by atoms with van der Waals surface area (Å²) in [6, 6.07) is 23.3. The highest BCUT2D eigenvalue weighted by atomic mass is 32.2. The van der Waals surface area contributed by atoms with E-state index in [1.165, 1.54) is 23.7 Å². The summed E-state index contributed by atoms with van der Waals surface area (Å²) in [7, 11) is -2.68. The molecule has 4 rings (SSSR count). The molecule has 0 unspecified atom stereocenters. The minimum Gasteiger partial charge on any atom is -0.326 e. The molecule has 12 heteroatoms. The molecule has 0 bridgehead atoms. The highest BCUT2D eigenvalue weighted by Crippen LogP contribution is 2.25. The number of carbonyl (C=O) groups is 2. The second-order valence-corrected chi connectivity index (χ2v) is 11.1. The molecule has 1 heterocycles. The molecule has 0 saturated carbocycles. The molecule has 4 aromatic rings. The number of hydrogen-bond acceptors (Lipinski definition) is 6. The van der Waals surface area contributed by atoms with E-state index >= 15 is 0 Å². The summed E-state index contributed by atoms with van der Waals surface area (Å²) in [6.07, 6.45) is 0. The first kappa shape index (κ1) is 29.0. The molecule has 11 nitrogen and oxygen atoms in total. The van der Waals surface area contributed by atoms with Crippen molar-refractivity contribution >= 4 is 38.9 Å². The van der Waals surface area contributed by atoms with Crippen LogP contribution in [0.4, 0.5) is 11.4 Å². The number of para-hydroxylation sites is 1. The van der Waals surface area contributed by atoms with E-state index in [-0.39, 0.29) is 16.5 Å². The maximum absolute atomic E-state index is 13.8. The summed E-state index contributed by atoms with van der Waals surface area (Å²) < 4.78 is 31.4. The average Bonchev–Trinajstić information content (AvgIpc) is 3.18. The predicted molar refractivity (Wildman–Crippen MR) is 158 cm³/mol. The zero-order valence-corrected chi connectivity index (χ0v) is 23.8. The lowest BCUT2D eigenvalue weighted by molar-refractivity contribution is -0.119. The van der Waals surface area contributed by atoms with Gasteiger partial charge in [0, 0.05) is 19.7 Å². The third kappa shape index (κ3) is 6.28. The average molecular weight is 575 g/mol. The normalized spacial score (nSPS) is 11.7. The number of aromatic nitrogens is 2. The zero-order valence-electron chi connectivity index (χ0n) is 23.0. The molecule has 41 heavy (non-hydrogen) atoms. The van der Waals surface area contributed by atoms with Gasteiger partial charge in [-0.15, -0.1) is 0 Å². The molecule has 1 aromatic heterocycles. The fourth-order valence-electron chi connectivity index (χ4n) is 4.22. The van der Waals surface area contributed by atoms with Crippen LogP contribution in [0.2, 0.25) is 0 Å².